The first-order chi connectivity index (χ1) is 12.3. The van der Waals surface area contributed by atoms with E-state index in [1.807, 2.05) is 37.3 Å². The molecule has 1 N–H and O–H groups in total. The zero-order valence-electron chi connectivity index (χ0n) is 14.4. The largest absolute Gasteiger partial charge is 0.425 e. The molecule has 0 bridgehead atoms. The average molecular weight is 338 g/mol. The fraction of sp³-hybridized carbons (Fsp3) is 0.421. The van der Waals surface area contributed by atoms with Crippen LogP contribution in [0.2, 0.25) is 0 Å². The lowest BCUT2D eigenvalue weighted by molar-refractivity contribution is 0.398. The first-order valence-electron chi connectivity index (χ1n) is 8.99. The molecule has 1 aromatic carbocycles. The molecular formula is C19H22N4O2. The SMILES string of the molecule is CCCn1c(Oc2ccccc2)nc2nc(C3CCCC3)[nH]c2c1=O. The van der Waals surface area contributed by atoms with Crippen LogP contribution in [0.25, 0.3) is 11.2 Å². The minimum Gasteiger partial charge on any atom is -0.425 e. The molecule has 1 aliphatic carbocycles. The molecule has 2 heterocycles. The number of fused-ring (bicyclic) bond motifs is 1. The van der Waals surface area contributed by atoms with Crippen molar-refractivity contribution < 1.29 is 4.74 Å². The normalized spacial score (nSPS) is 15.1. The maximum absolute atomic E-state index is 12.9. The second-order valence-electron chi connectivity index (χ2n) is 6.57. The number of nitrogens with one attached hydrogen (secondary N) is 1. The van der Waals surface area contributed by atoms with Crippen molar-refractivity contribution in [3.63, 3.8) is 0 Å². The van der Waals surface area contributed by atoms with Gasteiger partial charge < -0.3 is 9.72 Å². The Hall–Kier alpha value is -2.63. The number of nitrogens with zero attached hydrogens (tertiary/aromatic N) is 3. The highest BCUT2D eigenvalue weighted by Crippen LogP contribution is 2.33. The Morgan fingerprint density at radius 2 is 1.96 bits per heavy atom. The highest BCUT2D eigenvalue weighted by Gasteiger charge is 2.23. The topological polar surface area (TPSA) is 72.8 Å². The molecule has 1 aliphatic rings. The predicted molar refractivity (Wildman–Crippen MR) is 96.2 cm³/mol. The maximum Gasteiger partial charge on any atom is 0.306 e. The Bertz CT molecular complexity index is 924. The molecule has 0 radical (unpaired) electrons. The van der Waals surface area contributed by atoms with Crippen LogP contribution in [0.1, 0.15) is 50.8 Å². The van der Waals surface area contributed by atoms with Crippen LogP contribution < -0.4 is 10.3 Å². The molecule has 0 aliphatic heterocycles. The van der Waals surface area contributed by atoms with Crippen molar-refractivity contribution in [2.24, 2.45) is 0 Å². The lowest BCUT2D eigenvalue weighted by Gasteiger charge is -2.11. The van der Waals surface area contributed by atoms with E-state index in [4.69, 9.17) is 4.74 Å². The number of hydrogen-bond donors (Lipinski definition) is 1. The molecule has 6 nitrogen and oxygen atoms in total. The van der Waals surface area contributed by atoms with Crippen molar-refractivity contribution in [1.82, 2.24) is 19.5 Å². The van der Waals surface area contributed by atoms with Crippen molar-refractivity contribution in [1.29, 1.82) is 0 Å². The van der Waals surface area contributed by atoms with Gasteiger partial charge in [-0.1, -0.05) is 38.0 Å². The van der Waals surface area contributed by atoms with Crippen molar-refractivity contribution in [3.05, 3.63) is 46.5 Å². The zero-order chi connectivity index (χ0) is 17.2. The summed E-state index contributed by atoms with van der Waals surface area (Å²) >= 11 is 0. The molecule has 1 fully saturated rings. The molecule has 0 saturated heterocycles. The van der Waals surface area contributed by atoms with Crippen molar-refractivity contribution >= 4 is 11.2 Å². The Morgan fingerprint density at radius 1 is 1.20 bits per heavy atom. The van der Waals surface area contributed by atoms with Crippen LogP contribution in [0.5, 0.6) is 11.8 Å². The smallest absolute Gasteiger partial charge is 0.306 e. The van der Waals surface area contributed by atoms with Gasteiger partial charge in [-0.05, 0) is 31.4 Å². The molecule has 4 rings (SSSR count). The first kappa shape index (κ1) is 15.9. The number of para-hydroxylation sites is 1. The number of ether oxygens (including phenoxy) is 1. The van der Waals surface area contributed by atoms with Gasteiger partial charge in [0.15, 0.2) is 11.2 Å². The van der Waals surface area contributed by atoms with Crippen molar-refractivity contribution in [3.8, 4) is 11.8 Å². The van der Waals surface area contributed by atoms with E-state index in [-0.39, 0.29) is 5.56 Å². The molecule has 130 valence electrons. The van der Waals surface area contributed by atoms with Gasteiger partial charge in [0.1, 0.15) is 11.6 Å². The predicted octanol–water partition coefficient (Wildman–Crippen LogP) is 3.98. The molecule has 2 aromatic heterocycles. The molecule has 0 amide bonds. The van der Waals surface area contributed by atoms with Gasteiger partial charge in [0.05, 0.1) is 0 Å². The third-order valence-electron chi connectivity index (χ3n) is 4.74. The summed E-state index contributed by atoms with van der Waals surface area (Å²) in [5.41, 5.74) is 0.815. The van der Waals surface area contributed by atoms with E-state index in [1.165, 1.54) is 12.8 Å². The van der Waals surface area contributed by atoms with E-state index in [2.05, 4.69) is 15.0 Å². The van der Waals surface area contributed by atoms with Crippen molar-refractivity contribution in [2.75, 3.05) is 0 Å². The van der Waals surface area contributed by atoms with Crippen LogP contribution in [0.3, 0.4) is 0 Å². The molecule has 1 saturated carbocycles. The fourth-order valence-corrected chi connectivity index (χ4v) is 3.47. The van der Waals surface area contributed by atoms with Gasteiger partial charge in [-0.3, -0.25) is 9.36 Å². The number of aromatic amines is 1. The summed E-state index contributed by atoms with van der Waals surface area (Å²) in [4.78, 5) is 25.3. The molecule has 0 unspecified atom stereocenters. The third kappa shape index (κ3) is 3.04. The van der Waals surface area contributed by atoms with Gasteiger partial charge >= 0.3 is 6.01 Å². The minimum absolute atomic E-state index is 0.116. The average Bonchev–Trinajstić information content (AvgIpc) is 3.28. The summed E-state index contributed by atoms with van der Waals surface area (Å²) in [6, 6.07) is 9.70. The third-order valence-corrected chi connectivity index (χ3v) is 4.74. The lowest BCUT2D eigenvalue weighted by atomic mass is 10.1. The zero-order valence-corrected chi connectivity index (χ0v) is 14.4. The van der Waals surface area contributed by atoms with Crippen LogP contribution >= 0.6 is 0 Å². The van der Waals surface area contributed by atoms with E-state index < -0.39 is 0 Å². The summed E-state index contributed by atoms with van der Waals surface area (Å²) in [6.07, 6.45) is 5.50. The summed E-state index contributed by atoms with van der Waals surface area (Å²) in [7, 11) is 0. The van der Waals surface area contributed by atoms with Crippen LogP contribution in [-0.4, -0.2) is 19.5 Å². The number of aromatic nitrogens is 4. The van der Waals surface area contributed by atoms with E-state index >= 15 is 0 Å². The molecule has 6 heteroatoms. The standard InChI is InChI=1S/C19H22N4O2/c1-2-12-23-18(24)15-17(21-16(20-15)13-8-6-7-9-13)22-19(23)25-14-10-4-3-5-11-14/h3-5,10-11,13H,2,6-9,12H2,1H3,(H,20,21). The van der Waals surface area contributed by atoms with Gasteiger partial charge in [-0.25, -0.2) is 4.98 Å². The minimum atomic E-state index is -0.116. The Labute approximate surface area is 145 Å². The number of benzene rings is 1. The number of imidazole rings is 1. The van der Waals surface area contributed by atoms with Crippen LogP contribution in [0.4, 0.5) is 0 Å². The quantitative estimate of drug-likeness (QED) is 0.764. The Kier molecular flexibility index (Phi) is 4.26. The summed E-state index contributed by atoms with van der Waals surface area (Å²) in [6.45, 7) is 2.58. The van der Waals surface area contributed by atoms with Crippen LogP contribution in [0, 0.1) is 0 Å². The van der Waals surface area contributed by atoms with E-state index in [0.29, 0.717) is 35.4 Å². The maximum atomic E-state index is 12.9. The molecular weight excluding hydrogens is 316 g/mol. The van der Waals surface area contributed by atoms with Gasteiger partial charge in [-0.2, -0.15) is 4.98 Å². The van der Waals surface area contributed by atoms with Gasteiger partial charge in [-0.15, -0.1) is 0 Å². The summed E-state index contributed by atoms with van der Waals surface area (Å²) in [5.74, 6) is 1.95. The van der Waals surface area contributed by atoms with Crippen LogP contribution in [-0.2, 0) is 6.54 Å². The van der Waals surface area contributed by atoms with Gasteiger partial charge in [0.2, 0.25) is 0 Å². The van der Waals surface area contributed by atoms with Gasteiger partial charge in [0, 0.05) is 12.5 Å². The Balaban J connectivity index is 1.80. The van der Waals surface area contributed by atoms with Gasteiger partial charge in [0.25, 0.3) is 5.56 Å². The number of rotatable bonds is 5. The van der Waals surface area contributed by atoms with E-state index in [1.54, 1.807) is 4.57 Å². The second kappa shape index (κ2) is 6.70. The van der Waals surface area contributed by atoms with Crippen molar-refractivity contribution in [2.45, 2.75) is 51.5 Å². The summed E-state index contributed by atoms with van der Waals surface area (Å²) in [5, 5.41) is 0. The molecule has 25 heavy (non-hydrogen) atoms. The molecule has 0 atom stereocenters. The highest BCUT2D eigenvalue weighted by molar-refractivity contribution is 5.70. The molecule has 0 spiro atoms. The number of hydrogen-bond acceptors (Lipinski definition) is 4. The van der Waals surface area contributed by atoms with E-state index in [9.17, 15) is 4.79 Å². The monoisotopic (exact) mass is 338 g/mol. The van der Waals surface area contributed by atoms with Crippen LogP contribution in [0.15, 0.2) is 35.1 Å². The fourth-order valence-electron chi connectivity index (χ4n) is 3.47. The second-order valence-corrected chi connectivity index (χ2v) is 6.57. The number of H-pyrrole nitrogens is 1. The van der Waals surface area contributed by atoms with E-state index in [0.717, 1.165) is 25.1 Å². The summed E-state index contributed by atoms with van der Waals surface area (Å²) < 4.78 is 7.47. The lowest BCUT2D eigenvalue weighted by Crippen LogP contribution is -2.23. The highest BCUT2D eigenvalue weighted by atomic mass is 16.5. The molecule has 3 aromatic rings. The Morgan fingerprint density at radius 3 is 2.68 bits per heavy atom. The first-order valence-corrected chi connectivity index (χ1v) is 8.99.